The lowest BCUT2D eigenvalue weighted by molar-refractivity contribution is 1.03. The number of nitriles is 1. The predicted molar refractivity (Wildman–Crippen MR) is 93.1 cm³/mol. The number of aromatic amines is 1. The molecule has 0 saturated heterocycles. The molecule has 4 rings (SSSR count). The Labute approximate surface area is 143 Å². The van der Waals surface area contributed by atoms with Gasteiger partial charge in [0.05, 0.1) is 11.4 Å². The van der Waals surface area contributed by atoms with Crippen LogP contribution < -0.4 is 0 Å². The van der Waals surface area contributed by atoms with Crippen LogP contribution in [0.25, 0.3) is 28.0 Å². The van der Waals surface area contributed by atoms with Gasteiger partial charge in [0, 0.05) is 28.4 Å². The lowest BCUT2D eigenvalue weighted by Gasteiger charge is -2.09. The summed E-state index contributed by atoms with van der Waals surface area (Å²) in [4.78, 5) is 11.7. The first-order valence-electron chi connectivity index (χ1n) is 7.35. The summed E-state index contributed by atoms with van der Waals surface area (Å²) in [5, 5.41) is 11.1. The van der Waals surface area contributed by atoms with Crippen molar-refractivity contribution >= 4 is 22.6 Å². The quantitative estimate of drug-likeness (QED) is 0.596. The molecule has 0 spiro atoms. The molecule has 0 aliphatic carbocycles. The van der Waals surface area contributed by atoms with E-state index >= 15 is 0 Å². The highest BCUT2D eigenvalue weighted by atomic mass is 35.5. The van der Waals surface area contributed by atoms with Gasteiger partial charge in [-0.05, 0) is 36.8 Å². The molecule has 24 heavy (non-hydrogen) atoms. The molecule has 0 amide bonds. The van der Waals surface area contributed by atoms with Crippen LogP contribution in [-0.4, -0.2) is 19.5 Å². The van der Waals surface area contributed by atoms with E-state index in [0.29, 0.717) is 10.7 Å². The Morgan fingerprint density at radius 2 is 2.12 bits per heavy atom. The first-order valence-corrected chi connectivity index (χ1v) is 7.73. The van der Waals surface area contributed by atoms with Crippen molar-refractivity contribution in [1.29, 1.82) is 5.26 Å². The minimum atomic E-state index is 0.526. The number of fused-ring (bicyclic) bond motifs is 1. The molecule has 0 atom stereocenters. The van der Waals surface area contributed by atoms with E-state index in [1.165, 1.54) is 6.33 Å². The summed E-state index contributed by atoms with van der Waals surface area (Å²) in [6, 6.07) is 11.7. The minimum absolute atomic E-state index is 0.526. The van der Waals surface area contributed by atoms with Crippen LogP contribution in [0.1, 0.15) is 11.3 Å². The van der Waals surface area contributed by atoms with Crippen LogP contribution in [0.5, 0.6) is 0 Å². The van der Waals surface area contributed by atoms with Crippen molar-refractivity contribution in [2.75, 3.05) is 0 Å². The van der Waals surface area contributed by atoms with Gasteiger partial charge in [-0.15, -0.1) is 0 Å². The van der Waals surface area contributed by atoms with E-state index in [2.05, 4.69) is 21.0 Å². The minimum Gasteiger partial charge on any atom is -0.346 e. The third-order valence-electron chi connectivity index (χ3n) is 4.06. The van der Waals surface area contributed by atoms with E-state index in [0.717, 1.165) is 33.5 Å². The number of H-pyrrole nitrogens is 1. The van der Waals surface area contributed by atoms with Crippen molar-refractivity contribution in [2.45, 2.75) is 6.92 Å². The van der Waals surface area contributed by atoms with Gasteiger partial charge < -0.3 is 9.55 Å². The van der Waals surface area contributed by atoms with Crippen molar-refractivity contribution in [3.05, 3.63) is 65.3 Å². The average molecular weight is 334 g/mol. The first-order chi connectivity index (χ1) is 11.7. The van der Waals surface area contributed by atoms with E-state index in [1.807, 2.05) is 54.2 Å². The predicted octanol–water partition coefficient (Wildman–Crippen LogP) is 4.25. The lowest BCUT2D eigenvalue weighted by Crippen LogP contribution is -1.98. The van der Waals surface area contributed by atoms with Crippen molar-refractivity contribution in [3.8, 4) is 23.0 Å². The SMILES string of the molecule is Cc1c(Cl)cccc1-n1cc(-c2ncnc3[nH]ccc23)cc1C#N. The maximum absolute atomic E-state index is 9.53. The van der Waals surface area contributed by atoms with E-state index in [9.17, 15) is 5.26 Å². The maximum Gasteiger partial charge on any atom is 0.141 e. The van der Waals surface area contributed by atoms with Gasteiger partial charge in [-0.25, -0.2) is 9.97 Å². The lowest BCUT2D eigenvalue weighted by atomic mass is 10.1. The molecular formula is C18H12ClN5. The van der Waals surface area contributed by atoms with Gasteiger partial charge in [-0.1, -0.05) is 17.7 Å². The highest BCUT2D eigenvalue weighted by molar-refractivity contribution is 6.31. The Hall–Kier alpha value is -3.10. The molecular weight excluding hydrogens is 322 g/mol. The number of halogens is 1. The van der Waals surface area contributed by atoms with Crippen LogP contribution in [0.3, 0.4) is 0 Å². The van der Waals surface area contributed by atoms with Gasteiger partial charge in [-0.3, -0.25) is 0 Å². The Bertz CT molecular complexity index is 1100. The molecule has 0 radical (unpaired) electrons. The van der Waals surface area contributed by atoms with Crippen LogP contribution in [-0.2, 0) is 0 Å². The fourth-order valence-electron chi connectivity index (χ4n) is 2.84. The highest BCUT2D eigenvalue weighted by Gasteiger charge is 2.15. The summed E-state index contributed by atoms with van der Waals surface area (Å²) in [6.07, 6.45) is 5.25. The molecule has 0 unspecified atom stereocenters. The number of aromatic nitrogens is 4. The molecule has 3 aromatic heterocycles. The van der Waals surface area contributed by atoms with Gasteiger partial charge >= 0.3 is 0 Å². The number of nitrogens with one attached hydrogen (secondary N) is 1. The van der Waals surface area contributed by atoms with E-state index in [1.54, 1.807) is 0 Å². The van der Waals surface area contributed by atoms with Crippen LogP contribution in [0.15, 0.2) is 49.1 Å². The maximum atomic E-state index is 9.53. The standard InChI is InChI=1S/C18H12ClN5/c1-11-15(19)3-2-4-16(11)24-9-12(7-13(24)8-20)17-14-5-6-21-18(14)23-10-22-17/h2-7,9-10H,1H3,(H,21,22,23). The molecule has 5 nitrogen and oxygen atoms in total. The Balaban J connectivity index is 1.95. The average Bonchev–Trinajstić information content (AvgIpc) is 3.23. The monoisotopic (exact) mass is 333 g/mol. The molecule has 0 aliphatic heterocycles. The molecule has 0 aliphatic rings. The van der Waals surface area contributed by atoms with E-state index in [-0.39, 0.29) is 0 Å². The van der Waals surface area contributed by atoms with Crippen molar-refractivity contribution in [3.63, 3.8) is 0 Å². The molecule has 0 saturated carbocycles. The third kappa shape index (κ3) is 2.16. The molecule has 6 heteroatoms. The summed E-state index contributed by atoms with van der Waals surface area (Å²) in [5.41, 5.74) is 4.74. The normalized spacial score (nSPS) is 10.9. The van der Waals surface area contributed by atoms with Gasteiger partial charge in [0.1, 0.15) is 23.7 Å². The third-order valence-corrected chi connectivity index (χ3v) is 4.47. The van der Waals surface area contributed by atoms with Crippen molar-refractivity contribution < 1.29 is 0 Å². The summed E-state index contributed by atoms with van der Waals surface area (Å²) in [6.45, 7) is 1.94. The first kappa shape index (κ1) is 14.5. The zero-order valence-corrected chi connectivity index (χ0v) is 13.5. The van der Waals surface area contributed by atoms with Crippen LogP contribution in [0, 0.1) is 18.3 Å². The van der Waals surface area contributed by atoms with Crippen LogP contribution in [0.4, 0.5) is 0 Å². The summed E-state index contributed by atoms with van der Waals surface area (Å²) < 4.78 is 1.84. The number of hydrogen-bond acceptors (Lipinski definition) is 3. The smallest absolute Gasteiger partial charge is 0.141 e. The van der Waals surface area contributed by atoms with Gasteiger partial charge in [-0.2, -0.15) is 5.26 Å². The van der Waals surface area contributed by atoms with Crippen LogP contribution in [0.2, 0.25) is 5.02 Å². The molecule has 0 bridgehead atoms. The van der Waals surface area contributed by atoms with Gasteiger partial charge in [0.2, 0.25) is 0 Å². The fourth-order valence-corrected chi connectivity index (χ4v) is 3.01. The molecule has 4 aromatic rings. The highest BCUT2D eigenvalue weighted by Crippen LogP contribution is 2.30. The Kier molecular flexibility index (Phi) is 3.33. The zero-order valence-electron chi connectivity index (χ0n) is 12.8. The molecule has 116 valence electrons. The molecule has 1 N–H and O–H groups in total. The van der Waals surface area contributed by atoms with Gasteiger partial charge in [0.15, 0.2) is 0 Å². The van der Waals surface area contributed by atoms with Gasteiger partial charge in [0.25, 0.3) is 0 Å². The second-order valence-electron chi connectivity index (χ2n) is 5.44. The largest absolute Gasteiger partial charge is 0.346 e. The Morgan fingerprint density at radius 3 is 2.96 bits per heavy atom. The summed E-state index contributed by atoms with van der Waals surface area (Å²) in [7, 11) is 0. The Morgan fingerprint density at radius 1 is 1.25 bits per heavy atom. The fraction of sp³-hybridized carbons (Fsp3) is 0.0556. The number of benzene rings is 1. The number of hydrogen-bond donors (Lipinski definition) is 1. The molecule has 3 heterocycles. The second kappa shape index (κ2) is 5.52. The van der Waals surface area contributed by atoms with E-state index in [4.69, 9.17) is 11.6 Å². The zero-order chi connectivity index (χ0) is 16.7. The van der Waals surface area contributed by atoms with Crippen molar-refractivity contribution in [2.24, 2.45) is 0 Å². The van der Waals surface area contributed by atoms with Crippen molar-refractivity contribution in [1.82, 2.24) is 19.5 Å². The topological polar surface area (TPSA) is 70.3 Å². The second-order valence-corrected chi connectivity index (χ2v) is 5.85. The molecule has 1 aromatic carbocycles. The summed E-state index contributed by atoms with van der Waals surface area (Å²) >= 11 is 6.23. The molecule has 0 fully saturated rings. The number of rotatable bonds is 2. The van der Waals surface area contributed by atoms with Crippen LogP contribution >= 0.6 is 11.6 Å². The summed E-state index contributed by atoms with van der Waals surface area (Å²) in [5.74, 6) is 0. The number of nitrogens with zero attached hydrogens (tertiary/aromatic N) is 4. The van der Waals surface area contributed by atoms with E-state index < -0.39 is 0 Å².